The first kappa shape index (κ1) is 18.7. The average molecular weight is 373 g/mol. The van der Waals surface area contributed by atoms with Crippen LogP contribution in [-0.4, -0.2) is 24.1 Å². The van der Waals surface area contributed by atoms with Gasteiger partial charge in [0, 0.05) is 24.2 Å². The van der Waals surface area contributed by atoms with Crippen molar-refractivity contribution in [2.24, 2.45) is 11.7 Å². The number of carbonyl (C=O) groups is 1. The van der Waals surface area contributed by atoms with Gasteiger partial charge >= 0.3 is 6.09 Å². The lowest BCUT2D eigenvalue weighted by atomic mass is 9.88. The fourth-order valence-electron chi connectivity index (χ4n) is 3.43. The Morgan fingerprint density at radius 3 is 2.58 bits per heavy atom. The van der Waals surface area contributed by atoms with Gasteiger partial charge < -0.3 is 15.4 Å². The Hall–Kier alpha value is -2.04. The van der Waals surface area contributed by atoms with Gasteiger partial charge in [0.15, 0.2) is 0 Å². The maximum atomic E-state index is 12.4. The summed E-state index contributed by atoms with van der Waals surface area (Å²) in [6, 6.07) is 17.4. The zero-order valence-corrected chi connectivity index (χ0v) is 15.6. The summed E-state index contributed by atoms with van der Waals surface area (Å²) in [5.74, 6) is 0.350. The van der Waals surface area contributed by atoms with Gasteiger partial charge in [-0.3, -0.25) is 0 Å². The van der Waals surface area contributed by atoms with Crippen molar-refractivity contribution in [2.75, 3.05) is 13.1 Å². The van der Waals surface area contributed by atoms with E-state index < -0.39 is 0 Å². The summed E-state index contributed by atoms with van der Waals surface area (Å²) in [6.45, 7) is 1.71. The molecule has 1 heterocycles. The molecular formula is C21H25ClN2O2. The van der Waals surface area contributed by atoms with Crippen molar-refractivity contribution in [3.05, 3.63) is 70.7 Å². The first-order chi connectivity index (χ1) is 12.6. The number of amides is 1. The topological polar surface area (TPSA) is 55.6 Å². The number of nitrogens with two attached hydrogens (primary N) is 1. The van der Waals surface area contributed by atoms with Gasteiger partial charge in [0.05, 0.1) is 0 Å². The average Bonchev–Trinajstić information content (AvgIpc) is 2.93. The second kappa shape index (κ2) is 9.06. The third-order valence-corrected chi connectivity index (χ3v) is 5.25. The van der Waals surface area contributed by atoms with Crippen molar-refractivity contribution >= 4 is 17.7 Å². The number of hydrogen-bond acceptors (Lipinski definition) is 3. The molecule has 5 heteroatoms. The molecule has 0 bridgehead atoms. The molecule has 0 aromatic heterocycles. The zero-order chi connectivity index (χ0) is 18.4. The molecule has 1 aliphatic heterocycles. The van der Waals surface area contributed by atoms with Crippen LogP contribution in [0.25, 0.3) is 0 Å². The molecular weight excluding hydrogens is 348 g/mol. The predicted octanol–water partition coefficient (Wildman–Crippen LogP) is 4.78. The molecule has 1 aliphatic rings. The van der Waals surface area contributed by atoms with Crippen LogP contribution in [-0.2, 0) is 11.3 Å². The lowest BCUT2D eigenvalue weighted by Crippen LogP contribution is -2.33. The third kappa shape index (κ3) is 4.99. The minimum absolute atomic E-state index is 0.0347. The molecule has 0 aliphatic carbocycles. The Kier molecular flexibility index (Phi) is 6.53. The second-order valence-corrected chi connectivity index (χ2v) is 7.23. The second-order valence-electron chi connectivity index (χ2n) is 6.80. The van der Waals surface area contributed by atoms with E-state index in [4.69, 9.17) is 22.1 Å². The van der Waals surface area contributed by atoms with E-state index in [1.807, 2.05) is 54.6 Å². The predicted molar refractivity (Wildman–Crippen MR) is 104 cm³/mol. The van der Waals surface area contributed by atoms with Crippen molar-refractivity contribution in [1.82, 2.24) is 4.90 Å². The molecule has 0 saturated carbocycles. The molecule has 3 rings (SSSR count). The smallest absolute Gasteiger partial charge is 0.410 e. The van der Waals surface area contributed by atoms with Crippen LogP contribution < -0.4 is 5.73 Å². The van der Waals surface area contributed by atoms with Gasteiger partial charge in [0.2, 0.25) is 0 Å². The maximum Gasteiger partial charge on any atom is 0.410 e. The fraction of sp³-hybridized carbons (Fsp3) is 0.381. The number of nitrogens with zero attached hydrogens (tertiary/aromatic N) is 1. The number of benzene rings is 2. The first-order valence-corrected chi connectivity index (χ1v) is 9.48. The Balaban J connectivity index is 1.52. The number of likely N-dealkylation sites (tertiary alicyclic amines) is 1. The molecule has 4 nitrogen and oxygen atoms in total. The molecule has 0 radical (unpaired) electrons. The van der Waals surface area contributed by atoms with E-state index in [0.717, 1.165) is 36.9 Å². The minimum Gasteiger partial charge on any atom is -0.445 e. The van der Waals surface area contributed by atoms with E-state index in [-0.39, 0.29) is 12.1 Å². The Morgan fingerprint density at radius 2 is 1.85 bits per heavy atom. The third-order valence-electron chi connectivity index (χ3n) is 5.00. The van der Waals surface area contributed by atoms with Crippen molar-refractivity contribution in [1.29, 1.82) is 0 Å². The monoisotopic (exact) mass is 372 g/mol. The van der Waals surface area contributed by atoms with E-state index >= 15 is 0 Å². The molecule has 26 heavy (non-hydrogen) atoms. The minimum atomic E-state index is -0.241. The quantitative estimate of drug-likeness (QED) is 0.840. The van der Waals surface area contributed by atoms with Gasteiger partial charge in [-0.2, -0.15) is 0 Å². The van der Waals surface area contributed by atoms with Crippen LogP contribution in [0.5, 0.6) is 0 Å². The highest BCUT2D eigenvalue weighted by Gasteiger charge is 2.26. The van der Waals surface area contributed by atoms with Crippen LogP contribution in [0.2, 0.25) is 5.02 Å². The van der Waals surface area contributed by atoms with Crippen molar-refractivity contribution in [3.8, 4) is 0 Å². The zero-order valence-electron chi connectivity index (χ0n) is 14.8. The van der Waals surface area contributed by atoms with Gasteiger partial charge in [-0.1, -0.05) is 54.1 Å². The Morgan fingerprint density at radius 1 is 1.12 bits per heavy atom. The van der Waals surface area contributed by atoms with E-state index in [1.54, 1.807) is 4.90 Å². The van der Waals surface area contributed by atoms with Crippen LogP contribution in [0.1, 0.15) is 36.4 Å². The first-order valence-electron chi connectivity index (χ1n) is 9.10. The van der Waals surface area contributed by atoms with Crippen molar-refractivity contribution in [2.45, 2.75) is 31.9 Å². The van der Waals surface area contributed by atoms with Gasteiger partial charge in [0.1, 0.15) is 6.61 Å². The van der Waals surface area contributed by atoms with Gasteiger partial charge in [0.25, 0.3) is 0 Å². The van der Waals surface area contributed by atoms with E-state index in [0.29, 0.717) is 24.1 Å². The number of rotatable bonds is 4. The lowest BCUT2D eigenvalue weighted by Gasteiger charge is -2.23. The van der Waals surface area contributed by atoms with E-state index in [9.17, 15) is 4.79 Å². The number of carbonyl (C=O) groups excluding carboxylic acids is 1. The molecule has 2 aromatic rings. The summed E-state index contributed by atoms with van der Waals surface area (Å²) < 4.78 is 5.46. The van der Waals surface area contributed by atoms with Crippen LogP contribution in [0.3, 0.4) is 0 Å². The number of hydrogen-bond donors (Lipinski definition) is 1. The van der Waals surface area contributed by atoms with Gasteiger partial charge in [-0.25, -0.2) is 4.79 Å². The summed E-state index contributed by atoms with van der Waals surface area (Å²) >= 11 is 5.96. The van der Waals surface area contributed by atoms with Crippen molar-refractivity contribution in [3.63, 3.8) is 0 Å². The van der Waals surface area contributed by atoms with Crippen LogP contribution in [0.4, 0.5) is 4.79 Å². The summed E-state index contributed by atoms with van der Waals surface area (Å²) in [7, 11) is 0. The fourth-order valence-corrected chi connectivity index (χ4v) is 3.56. The summed E-state index contributed by atoms with van der Waals surface area (Å²) in [5, 5.41) is 0.717. The summed E-state index contributed by atoms with van der Waals surface area (Å²) in [5.41, 5.74) is 8.56. The highest BCUT2D eigenvalue weighted by Crippen LogP contribution is 2.29. The van der Waals surface area contributed by atoms with Gasteiger partial charge in [-0.15, -0.1) is 0 Å². The molecule has 0 spiro atoms. The largest absolute Gasteiger partial charge is 0.445 e. The Bertz CT molecular complexity index is 706. The van der Waals surface area contributed by atoms with Crippen molar-refractivity contribution < 1.29 is 9.53 Å². The highest BCUT2D eigenvalue weighted by atomic mass is 35.5. The molecule has 1 amide bonds. The number of halogens is 1. The van der Waals surface area contributed by atoms with E-state index in [2.05, 4.69) is 0 Å². The van der Waals surface area contributed by atoms with Crippen LogP contribution in [0.15, 0.2) is 54.6 Å². The SMILES string of the molecule is NC(c1ccc(Cl)cc1)C1CCCN(C(=O)OCc2ccccc2)CC1. The van der Waals surface area contributed by atoms with Crippen LogP contribution in [0, 0.1) is 5.92 Å². The molecule has 1 fully saturated rings. The number of ether oxygens (including phenoxy) is 1. The molecule has 1 saturated heterocycles. The molecule has 138 valence electrons. The molecule has 2 unspecified atom stereocenters. The Labute approximate surface area is 159 Å². The normalized spacial score (nSPS) is 18.8. The maximum absolute atomic E-state index is 12.4. The van der Waals surface area contributed by atoms with Crippen LogP contribution >= 0.6 is 11.6 Å². The summed E-state index contributed by atoms with van der Waals surface area (Å²) in [4.78, 5) is 14.2. The highest BCUT2D eigenvalue weighted by molar-refractivity contribution is 6.30. The van der Waals surface area contributed by atoms with Gasteiger partial charge in [-0.05, 0) is 48.4 Å². The lowest BCUT2D eigenvalue weighted by molar-refractivity contribution is 0.0969. The molecule has 2 atom stereocenters. The molecule has 2 N–H and O–H groups in total. The molecule has 2 aromatic carbocycles. The summed E-state index contributed by atoms with van der Waals surface area (Å²) in [6.07, 6.45) is 2.58. The standard InChI is InChI=1S/C21H25ClN2O2/c22-19-10-8-18(9-11-19)20(23)17-7-4-13-24(14-12-17)21(25)26-15-16-5-2-1-3-6-16/h1-3,5-6,8-11,17,20H,4,7,12-15,23H2. The van der Waals surface area contributed by atoms with E-state index in [1.165, 1.54) is 0 Å².